The highest BCUT2D eigenvalue weighted by molar-refractivity contribution is 6.18. The fraction of sp³-hybridized carbons (Fsp3) is 0.350. The lowest BCUT2D eigenvalue weighted by atomic mass is 9.96. The molecule has 1 aliphatic rings. The number of amidine groups is 1. The van der Waals surface area contributed by atoms with Crippen molar-refractivity contribution < 1.29 is 14.3 Å². The van der Waals surface area contributed by atoms with Crippen LogP contribution in [0.25, 0.3) is 11.0 Å². The molecule has 0 aliphatic heterocycles. The van der Waals surface area contributed by atoms with Crippen molar-refractivity contribution in [1.29, 1.82) is 0 Å². The van der Waals surface area contributed by atoms with Crippen LogP contribution in [-0.2, 0) is 4.79 Å². The standard InChI is InChI=1S/C20H22N2O4/c1-11-17(23)15-10-14(13-6-4-5-7-13)8-9-16(15)26-19(11)22-18(21-3)12(2)20(24)25/h8-10,13H,2,4-7H2,1,3H3,(H,21,22)(H,24,25). The zero-order valence-corrected chi connectivity index (χ0v) is 15.0. The Labute approximate surface area is 151 Å². The van der Waals surface area contributed by atoms with Crippen LogP contribution < -0.4 is 10.7 Å². The first-order chi connectivity index (χ1) is 12.4. The minimum atomic E-state index is -1.19. The van der Waals surface area contributed by atoms with E-state index in [1.165, 1.54) is 25.5 Å². The van der Waals surface area contributed by atoms with Crippen LogP contribution in [0.3, 0.4) is 0 Å². The number of aliphatic imine (C=N–C) groups is 1. The van der Waals surface area contributed by atoms with Crippen molar-refractivity contribution in [1.82, 2.24) is 5.32 Å². The molecule has 26 heavy (non-hydrogen) atoms. The minimum Gasteiger partial charge on any atom is -0.478 e. The number of rotatable bonds is 4. The van der Waals surface area contributed by atoms with Gasteiger partial charge >= 0.3 is 5.97 Å². The molecule has 0 atom stereocenters. The molecule has 6 nitrogen and oxygen atoms in total. The first kappa shape index (κ1) is 17.9. The summed E-state index contributed by atoms with van der Waals surface area (Å²) >= 11 is 0. The molecule has 1 heterocycles. The summed E-state index contributed by atoms with van der Waals surface area (Å²) in [7, 11) is 1.54. The summed E-state index contributed by atoms with van der Waals surface area (Å²) in [6.07, 6.45) is 4.76. The van der Waals surface area contributed by atoms with Crippen LogP contribution in [0.5, 0.6) is 0 Å². The number of nitrogens with zero attached hydrogens (tertiary/aromatic N) is 1. The van der Waals surface area contributed by atoms with Gasteiger partial charge in [0, 0.05) is 7.05 Å². The zero-order valence-electron chi connectivity index (χ0n) is 15.0. The molecule has 0 radical (unpaired) electrons. The van der Waals surface area contributed by atoms with E-state index in [0.29, 0.717) is 22.5 Å². The molecule has 1 aromatic carbocycles. The molecule has 0 spiro atoms. The second-order valence-corrected chi connectivity index (χ2v) is 6.59. The number of carboxylic acid groups (broad SMARTS) is 1. The highest BCUT2D eigenvalue weighted by Crippen LogP contribution is 2.35. The predicted molar refractivity (Wildman–Crippen MR) is 101 cm³/mol. The van der Waals surface area contributed by atoms with Crippen molar-refractivity contribution in [2.75, 3.05) is 7.05 Å². The van der Waals surface area contributed by atoms with E-state index in [4.69, 9.17) is 9.52 Å². The van der Waals surface area contributed by atoms with E-state index in [2.05, 4.69) is 16.9 Å². The minimum absolute atomic E-state index is 0.0469. The molecule has 0 amide bonds. The van der Waals surface area contributed by atoms with E-state index >= 15 is 0 Å². The first-order valence-electron chi connectivity index (χ1n) is 8.68. The molecule has 0 unspecified atom stereocenters. The molecule has 1 aromatic heterocycles. The number of hydrogen-bond acceptors (Lipinski definition) is 4. The summed E-state index contributed by atoms with van der Waals surface area (Å²) in [6.45, 7) is 5.11. The number of carbonyl (C=O) groups is 1. The van der Waals surface area contributed by atoms with E-state index in [0.717, 1.165) is 12.8 Å². The van der Waals surface area contributed by atoms with Crippen molar-refractivity contribution in [3.05, 3.63) is 51.7 Å². The van der Waals surface area contributed by atoms with Crippen molar-refractivity contribution in [3.63, 3.8) is 0 Å². The molecular weight excluding hydrogens is 332 g/mol. The molecule has 1 fully saturated rings. The lowest BCUT2D eigenvalue weighted by Gasteiger charge is -2.11. The molecule has 1 saturated carbocycles. The molecule has 6 heteroatoms. The summed E-state index contributed by atoms with van der Waals surface area (Å²) in [5, 5.41) is 12.3. The second kappa shape index (κ2) is 7.15. The van der Waals surface area contributed by atoms with Gasteiger partial charge in [-0.05, 0) is 43.4 Å². The summed E-state index contributed by atoms with van der Waals surface area (Å²) in [6, 6.07) is 5.72. The molecule has 3 rings (SSSR count). The van der Waals surface area contributed by atoms with Gasteiger partial charge in [-0.25, -0.2) is 4.79 Å². The Bertz CT molecular complexity index is 966. The largest absolute Gasteiger partial charge is 0.478 e. The molecule has 2 aromatic rings. The van der Waals surface area contributed by atoms with Crippen LogP contribution >= 0.6 is 0 Å². The van der Waals surface area contributed by atoms with Gasteiger partial charge in [0.25, 0.3) is 0 Å². The summed E-state index contributed by atoms with van der Waals surface area (Å²) in [5.41, 5.74) is 1.60. The lowest BCUT2D eigenvalue weighted by molar-refractivity contribution is -0.132. The van der Waals surface area contributed by atoms with Gasteiger partial charge in [-0.1, -0.05) is 25.5 Å². The van der Waals surface area contributed by atoms with Crippen molar-refractivity contribution >= 4 is 28.7 Å². The second-order valence-electron chi connectivity index (χ2n) is 6.59. The van der Waals surface area contributed by atoms with Crippen molar-refractivity contribution in [2.24, 2.45) is 4.99 Å². The average molecular weight is 354 g/mol. The van der Waals surface area contributed by atoms with Crippen LogP contribution in [0.1, 0.15) is 42.7 Å². The number of aliphatic carboxylic acids is 1. The Morgan fingerprint density at radius 2 is 2.04 bits per heavy atom. The summed E-state index contributed by atoms with van der Waals surface area (Å²) in [5.74, 6) is -0.555. The zero-order chi connectivity index (χ0) is 18.8. The number of carboxylic acids is 1. The molecule has 0 bridgehead atoms. The van der Waals surface area contributed by atoms with E-state index in [-0.39, 0.29) is 22.7 Å². The summed E-state index contributed by atoms with van der Waals surface area (Å²) < 4.78 is 5.79. The highest BCUT2D eigenvalue weighted by atomic mass is 16.4. The Kier molecular flexibility index (Phi) is 4.93. The third-order valence-electron chi connectivity index (χ3n) is 4.94. The van der Waals surface area contributed by atoms with Crippen LogP contribution in [0.2, 0.25) is 0 Å². The Morgan fingerprint density at radius 3 is 2.65 bits per heavy atom. The number of hydrogen-bond donors (Lipinski definition) is 2. The van der Waals surface area contributed by atoms with Crippen LogP contribution in [-0.4, -0.2) is 24.0 Å². The van der Waals surface area contributed by atoms with Gasteiger partial charge in [-0.15, -0.1) is 0 Å². The summed E-state index contributed by atoms with van der Waals surface area (Å²) in [4.78, 5) is 28.1. The smallest absolute Gasteiger partial charge is 0.338 e. The Balaban J connectivity index is 2.10. The number of fused-ring (bicyclic) bond motifs is 1. The quantitative estimate of drug-likeness (QED) is 0.497. The topological polar surface area (TPSA) is 91.9 Å². The third-order valence-corrected chi connectivity index (χ3v) is 4.94. The third kappa shape index (κ3) is 3.27. The van der Waals surface area contributed by atoms with Crippen LogP contribution in [0, 0.1) is 6.92 Å². The lowest BCUT2D eigenvalue weighted by Crippen LogP contribution is -2.24. The fourth-order valence-corrected chi connectivity index (χ4v) is 3.39. The number of benzene rings is 1. The molecule has 0 saturated heterocycles. The maximum absolute atomic E-state index is 12.8. The highest BCUT2D eigenvalue weighted by Gasteiger charge is 2.19. The number of likely N-dealkylation sites (N-methyl/N-ethyl adjacent to an activating group) is 1. The SMILES string of the molecule is C=C(C(=O)O)/C(=N\c1oc2ccc(C3CCCC3)cc2c(=O)c1C)NC. The van der Waals surface area contributed by atoms with Gasteiger partial charge in [0.2, 0.25) is 5.88 Å². The monoisotopic (exact) mass is 354 g/mol. The van der Waals surface area contributed by atoms with Gasteiger partial charge in [-0.3, -0.25) is 4.79 Å². The predicted octanol–water partition coefficient (Wildman–Crippen LogP) is 3.65. The first-order valence-corrected chi connectivity index (χ1v) is 8.68. The Morgan fingerprint density at radius 1 is 1.35 bits per heavy atom. The van der Waals surface area contributed by atoms with Crippen LogP contribution in [0.4, 0.5) is 5.88 Å². The van der Waals surface area contributed by atoms with Gasteiger partial charge in [0.15, 0.2) is 5.43 Å². The fourth-order valence-electron chi connectivity index (χ4n) is 3.39. The van der Waals surface area contributed by atoms with Crippen molar-refractivity contribution in [2.45, 2.75) is 38.5 Å². The van der Waals surface area contributed by atoms with E-state index < -0.39 is 5.97 Å². The van der Waals surface area contributed by atoms with E-state index in [9.17, 15) is 9.59 Å². The molecule has 136 valence electrons. The Hall–Kier alpha value is -2.89. The van der Waals surface area contributed by atoms with Gasteiger partial charge in [0.05, 0.1) is 16.5 Å². The molecule has 1 aliphatic carbocycles. The average Bonchev–Trinajstić information content (AvgIpc) is 3.17. The van der Waals surface area contributed by atoms with E-state index in [1.54, 1.807) is 13.0 Å². The molecular formula is C20H22N2O4. The number of nitrogens with one attached hydrogen (secondary N) is 1. The van der Waals surface area contributed by atoms with Gasteiger partial charge in [0.1, 0.15) is 11.4 Å². The van der Waals surface area contributed by atoms with Gasteiger partial charge < -0.3 is 14.8 Å². The van der Waals surface area contributed by atoms with Gasteiger partial charge in [-0.2, -0.15) is 4.99 Å². The normalized spacial score (nSPS) is 15.4. The molecule has 2 N–H and O–H groups in total. The maximum Gasteiger partial charge on any atom is 0.338 e. The maximum atomic E-state index is 12.8. The van der Waals surface area contributed by atoms with E-state index in [1.807, 2.05) is 12.1 Å². The van der Waals surface area contributed by atoms with Crippen molar-refractivity contribution in [3.8, 4) is 0 Å². The van der Waals surface area contributed by atoms with Crippen LogP contribution in [0.15, 0.2) is 44.6 Å².